The Morgan fingerprint density at radius 1 is 1.29 bits per heavy atom. The van der Waals surface area contributed by atoms with Gasteiger partial charge in [0.15, 0.2) is 0 Å². The molecule has 0 rings (SSSR count). The molecule has 1 amide bonds. The van der Waals surface area contributed by atoms with Crippen molar-refractivity contribution in [1.29, 1.82) is 0 Å². The molecule has 0 saturated carbocycles. The molecule has 1 unspecified atom stereocenters. The quantitative estimate of drug-likeness (QED) is 0.704. The SMILES string of the molecule is CCC(CC)(CC(=O)N(C)CC(C)O)C(=O)O. The predicted octanol–water partition coefficient (Wildman–Crippen LogP) is 1.11. The summed E-state index contributed by atoms with van der Waals surface area (Å²) in [6.07, 6.45) is 0.227. The third-order valence-electron chi connectivity index (χ3n) is 3.26. The minimum Gasteiger partial charge on any atom is -0.481 e. The summed E-state index contributed by atoms with van der Waals surface area (Å²) in [6, 6.07) is 0. The van der Waals surface area contributed by atoms with Crippen molar-refractivity contribution >= 4 is 11.9 Å². The maximum absolute atomic E-state index is 11.9. The Hall–Kier alpha value is -1.10. The average molecular weight is 245 g/mol. The lowest BCUT2D eigenvalue weighted by Gasteiger charge is -2.28. The van der Waals surface area contributed by atoms with Gasteiger partial charge in [0.2, 0.25) is 5.91 Å². The van der Waals surface area contributed by atoms with Crippen LogP contribution in [0.4, 0.5) is 0 Å². The highest BCUT2D eigenvalue weighted by atomic mass is 16.4. The molecule has 0 aliphatic carbocycles. The van der Waals surface area contributed by atoms with Crippen LogP contribution < -0.4 is 0 Å². The second-order valence-corrected chi connectivity index (χ2v) is 4.59. The maximum atomic E-state index is 11.9. The van der Waals surface area contributed by atoms with E-state index < -0.39 is 17.5 Å². The molecule has 5 nitrogen and oxygen atoms in total. The molecular formula is C12H23NO4. The van der Waals surface area contributed by atoms with Crippen LogP contribution in [0.15, 0.2) is 0 Å². The highest BCUT2D eigenvalue weighted by Gasteiger charge is 2.37. The highest BCUT2D eigenvalue weighted by molar-refractivity contribution is 5.84. The second kappa shape index (κ2) is 6.59. The molecule has 1 atom stereocenters. The number of amides is 1. The van der Waals surface area contributed by atoms with Gasteiger partial charge in [0.25, 0.3) is 0 Å². The third-order valence-corrected chi connectivity index (χ3v) is 3.26. The molecule has 0 heterocycles. The van der Waals surface area contributed by atoms with E-state index in [1.165, 1.54) is 4.90 Å². The largest absolute Gasteiger partial charge is 0.481 e. The Balaban J connectivity index is 4.67. The van der Waals surface area contributed by atoms with Crippen LogP contribution in [0.2, 0.25) is 0 Å². The first-order valence-electron chi connectivity index (χ1n) is 5.94. The number of hydrogen-bond acceptors (Lipinski definition) is 3. The maximum Gasteiger partial charge on any atom is 0.310 e. The van der Waals surface area contributed by atoms with Gasteiger partial charge in [0.05, 0.1) is 11.5 Å². The van der Waals surface area contributed by atoms with Crippen LogP contribution in [-0.2, 0) is 9.59 Å². The van der Waals surface area contributed by atoms with Gasteiger partial charge in [-0.1, -0.05) is 13.8 Å². The van der Waals surface area contributed by atoms with Crippen molar-refractivity contribution in [3.05, 3.63) is 0 Å². The summed E-state index contributed by atoms with van der Waals surface area (Å²) in [7, 11) is 1.58. The number of aliphatic carboxylic acids is 1. The summed E-state index contributed by atoms with van der Waals surface area (Å²) in [5, 5.41) is 18.4. The van der Waals surface area contributed by atoms with E-state index in [9.17, 15) is 19.8 Å². The monoisotopic (exact) mass is 245 g/mol. The lowest BCUT2D eigenvalue weighted by Crippen LogP contribution is -2.40. The fourth-order valence-electron chi connectivity index (χ4n) is 1.80. The van der Waals surface area contributed by atoms with E-state index in [1.807, 2.05) is 0 Å². The van der Waals surface area contributed by atoms with Crippen LogP contribution in [-0.4, -0.2) is 46.7 Å². The van der Waals surface area contributed by atoms with Gasteiger partial charge in [0.1, 0.15) is 0 Å². The number of likely N-dealkylation sites (N-methyl/N-ethyl adjacent to an activating group) is 1. The van der Waals surface area contributed by atoms with Crippen molar-refractivity contribution in [3.63, 3.8) is 0 Å². The number of hydrogen-bond donors (Lipinski definition) is 2. The number of rotatable bonds is 7. The topological polar surface area (TPSA) is 77.8 Å². The zero-order valence-corrected chi connectivity index (χ0v) is 11.1. The fraction of sp³-hybridized carbons (Fsp3) is 0.833. The Kier molecular flexibility index (Phi) is 6.16. The molecule has 100 valence electrons. The zero-order chi connectivity index (χ0) is 13.6. The summed E-state index contributed by atoms with van der Waals surface area (Å²) in [5.74, 6) is -1.17. The first kappa shape index (κ1) is 15.9. The van der Waals surface area contributed by atoms with Crippen molar-refractivity contribution in [2.45, 2.75) is 46.1 Å². The zero-order valence-electron chi connectivity index (χ0n) is 11.1. The van der Waals surface area contributed by atoms with E-state index >= 15 is 0 Å². The second-order valence-electron chi connectivity index (χ2n) is 4.59. The van der Waals surface area contributed by atoms with E-state index in [1.54, 1.807) is 27.8 Å². The van der Waals surface area contributed by atoms with Crippen LogP contribution in [0.25, 0.3) is 0 Å². The number of aliphatic hydroxyl groups excluding tert-OH is 1. The number of nitrogens with zero attached hydrogens (tertiary/aromatic N) is 1. The van der Waals surface area contributed by atoms with E-state index in [2.05, 4.69) is 0 Å². The van der Waals surface area contributed by atoms with E-state index in [0.717, 1.165) is 0 Å². The molecule has 0 aromatic rings. The first-order chi connectivity index (χ1) is 7.79. The van der Waals surface area contributed by atoms with Crippen molar-refractivity contribution in [3.8, 4) is 0 Å². The minimum absolute atomic E-state index is 0.0153. The van der Waals surface area contributed by atoms with Gasteiger partial charge in [-0.3, -0.25) is 9.59 Å². The van der Waals surface area contributed by atoms with Crippen LogP contribution in [0.1, 0.15) is 40.0 Å². The summed E-state index contributed by atoms with van der Waals surface area (Å²) >= 11 is 0. The fourth-order valence-corrected chi connectivity index (χ4v) is 1.80. The number of carbonyl (C=O) groups excluding carboxylic acids is 1. The molecule has 0 aliphatic rings. The summed E-state index contributed by atoms with van der Waals surface area (Å²) < 4.78 is 0. The molecular weight excluding hydrogens is 222 g/mol. The predicted molar refractivity (Wildman–Crippen MR) is 64.6 cm³/mol. The lowest BCUT2D eigenvalue weighted by atomic mass is 9.79. The van der Waals surface area contributed by atoms with Gasteiger partial charge in [-0.25, -0.2) is 0 Å². The number of carbonyl (C=O) groups is 2. The molecule has 0 saturated heterocycles. The number of aliphatic hydroxyl groups is 1. The molecule has 0 aromatic carbocycles. The molecule has 0 aromatic heterocycles. The van der Waals surface area contributed by atoms with Gasteiger partial charge in [-0.2, -0.15) is 0 Å². The Labute approximate surface area is 102 Å². The van der Waals surface area contributed by atoms with Crippen molar-refractivity contribution in [2.24, 2.45) is 5.41 Å². The van der Waals surface area contributed by atoms with Gasteiger partial charge in [0, 0.05) is 20.0 Å². The first-order valence-corrected chi connectivity index (χ1v) is 5.94. The standard InChI is InChI=1S/C12H23NO4/c1-5-12(6-2,11(16)17)7-10(15)13(4)8-9(3)14/h9,14H,5-8H2,1-4H3,(H,16,17). The average Bonchev–Trinajstić information content (AvgIpc) is 2.24. The molecule has 17 heavy (non-hydrogen) atoms. The molecule has 0 bridgehead atoms. The summed E-state index contributed by atoms with van der Waals surface area (Å²) in [6.45, 7) is 5.37. The van der Waals surface area contributed by atoms with Crippen LogP contribution in [0, 0.1) is 5.41 Å². The van der Waals surface area contributed by atoms with Crippen molar-refractivity contribution in [1.82, 2.24) is 4.90 Å². The van der Waals surface area contributed by atoms with Crippen LogP contribution in [0.5, 0.6) is 0 Å². The van der Waals surface area contributed by atoms with Gasteiger partial charge in [-0.15, -0.1) is 0 Å². The van der Waals surface area contributed by atoms with Gasteiger partial charge >= 0.3 is 5.97 Å². The molecule has 5 heteroatoms. The van der Waals surface area contributed by atoms with E-state index in [-0.39, 0.29) is 18.9 Å². The van der Waals surface area contributed by atoms with Gasteiger partial charge in [-0.05, 0) is 19.8 Å². The lowest BCUT2D eigenvalue weighted by molar-refractivity contribution is -0.154. The number of carboxylic acids is 1. The third kappa shape index (κ3) is 4.34. The summed E-state index contributed by atoms with van der Waals surface area (Å²) in [4.78, 5) is 24.5. The Morgan fingerprint density at radius 3 is 2.06 bits per heavy atom. The molecule has 2 N–H and O–H groups in total. The Bertz CT molecular complexity index is 272. The van der Waals surface area contributed by atoms with E-state index in [0.29, 0.717) is 12.8 Å². The molecule has 0 spiro atoms. The van der Waals surface area contributed by atoms with Crippen molar-refractivity contribution in [2.75, 3.05) is 13.6 Å². The summed E-state index contributed by atoms with van der Waals surface area (Å²) in [5.41, 5.74) is -0.982. The molecule has 0 aliphatic heterocycles. The van der Waals surface area contributed by atoms with Gasteiger partial charge < -0.3 is 15.1 Å². The highest BCUT2D eigenvalue weighted by Crippen LogP contribution is 2.31. The smallest absolute Gasteiger partial charge is 0.310 e. The van der Waals surface area contributed by atoms with Crippen LogP contribution in [0.3, 0.4) is 0 Å². The van der Waals surface area contributed by atoms with Crippen molar-refractivity contribution < 1.29 is 19.8 Å². The number of carboxylic acid groups (broad SMARTS) is 1. The Morgan fingerprint density at radius 2 is 1.76 bits per heavy atom. The molecule has 0 radical (unpaired) electrons. The van der Waals surface area contributed by atoms with Crippen LogP contribution >= 0.6 is 0 Å². The van der Waals surface area contributed by atoms with E-state index in [4.69, 9.17) is 0 Å². The normalized spacial score (nSPS) is 13.2. The molecule has 0 fully saturated rings. The minimum atomic E-state index is -0.982.